The number of nitrogens with one attached hydrogen (secondary N) is 2. The largest absolute Gasteiger partial charge is 0.368 e. The van der Waals surface area contributed by atoms with Crippen molar-refractivity contribution in [2.75, 3.05) is 55.7 Å². The number of piperazine rings is 1. The second kappa shape index (κ2) is 11.3. The summed E-state index contributed by atoms with van der Waals surface area (Å²) >= 11 is 6.09. The Balaban J connectivity index is 0.00000306. The Labute approximate surface area is 205 Å². The van der Waals surface area contributed by atoms with Crippen molar-refractivity contribution < 1.29 is 8.42 Å². The summed E-state index contributed by atoms with van der Waals surface area (Å²) in [6, 6.07) is 11.1. The lowest BCUT2D eigenvalue weighted by Crippen LogP contribution is -2.45. The molecule has 0 unspecified atom stereocenters. The fourth-order valence-electron chi connectivity index (χ4n) is 3.44. The molecule has 178 valence electrons. The van der Waals surface area contributed by atoms with Crippen LogP contribution in [0.3, 0.4) is 0 Å². The maximum atomic E-state index is 12.4. The minimum absolute atomic E-state index is 0. The van der Waals surface area contributed by atoms with E-state index in [1.165, 1.54) is 0 Å². The highest BCUT2D eigenvalue weighted by Crippen LogP contribution is 2.25. The molecule has 0 saturated carbocycles. The summed E-state index contributed by atoms with van der Waals surface area (Å²) < 4.78 is 27.5. The van der Waals surface area contributed by atoms with Crippen molar-refractivity contribution in [3.63, 3.8) is 0 Å². The molecule has 0 spiro atoms. The molecule has 4 rings (SSSR count). The van der Waals surface area contributed by atoms with Gasteiger partial charge in [-0.3, -0.25) is 0 Å². The van der Waals surface area contributed by atoms with Crippen LogP contribution in [0.2, 0.25) is 5.15 Å². The Bertz CT molecular complexity index is 1170. The number of likely N-dealkylation sites (N-methyl/N-ethyl adjacent to an activating group) is 1. The van der Waals surface area contributed by atoms with Crippen molar-refractivity contribution in [3.05, 3.63) is 53.3 Å². The number of nitrogens with zero attached hydrogens (tertiary/aromatic N) is 5. The van der Waals surface area contributed by atoms with E-state index in [1.54, 1.807) is 12.3 Å². The number of sulfonamides is 1. The van der Waals surface area contributed by atoms with Crippen LogP contribution in [0.1, 0.15) is 5.56 Å². The topological polar surface area (TPSA) is 103 Å². The predicted octanol–water partition coefficient (Wildman–Crippen LogP) is 2.38. The molecule has 33 heavy (non-hydrogen) atoms. The van der Waals surface area contributed by atoms with Crippen LogP contribution in [-0.2, 0) is 16.6 Å². The maximum absolute atomic E-state index is 12.4. The first kappa shape index (κ1) is 25.4. The highest BCUT2D eigenvalue weighted by atomic mass is 35.5. The third-order valence-electron chi connectivity index (χ3n) is 5.33. The number of aromatic nitrogens is 3. The van der Waals surface area contributed by atoms with Crippen LogP contribution in [-0.4, -0.2) is 73.8 Å². The Morgan fingerprint density at radius 3 is 2.55 bits per heavy atom. The van der Waals surface area contributed by atoms with E-state index in [1.807, 2.05) is 30.3 Å². The molecule has 2 N–H and O–H groups in total. The molecule has 0 radical (unpaired) electrons. The van der Waals surface area contributed by atoms with Crippen molar-refractivity contribution in [1.82, 2.24) is 24.6 Å². The highest BCUT2D eigenvalue weighted by Gasteiger charge is 2.19. The lowest BCUT2D eigenvalue weighted by molar-refractivity contribution is 0.311. The molecule has 0 amide bonds. The van der Waals surface area contributed by atoms with Crippen LogP contribution in [0.4, 0.5) is 11.8 Å². The van der Waals surface area contributed by atoms with Gasteiger partial charge in [0.1, 0.15) is 11.0 Å². The Kier molecular flexibility index (Phi) is 8.66. The minimum Gasteiger partial charge on any atom is -0.368 e. The third-order valence-corrected chi connectivity index (χ3v) is 6.86. The fraction of sp³-hybridized carbons (Fsp3) is 0.381. The van der Waals surface area contributed by atoms with Crippen molar-refractivity contribution in [1.29, 1.82) is 0 Å². The van der Waals surface area contributed by atoms with Gasteiger partial charge in [0.15, 0.2) is 0 Å². The molecule has 1 aliphatic heterocycles. The van der Waals surface area contributed by atoms with Crippen molar-refractivity contribution in [2.24, 2.45) is 0 Å². The molecule has 1 aliphatic rings. The number of pyridine rings is 1. The lowest BCUT2D eigenvalue weighted by atomic mass is 10.2. The monoisotopic (exact) mass is 511 g/mol. The van der Waals surface area contributed by atoms with E-state index >= 15 is 0 Å². The van der Waals surface area contributed by atoms with Gasteiger partial charge in [-0.25, -0.2) is 23.1 Å². The molecule has 12 heteroatoms. The number of hydrogen-bond donors (Lipinski definition) is 2. The Morgan fingerprint density at radius 2 is 1.82 bits per heavy atom. The first-order valence-corrected chi connectivity index (χ1v) is 12.4. The van der Waals surface area contributed by atoms with E-state index in [0.29, 0.717) is 27.8 Å². The molecule has 1 saturated heterocycles. The second-order valence-corrected chi connectivity index (χ2v) is 10.1. The van der Waals surface area contributed by atoms with Crippen LogP contribution < -0.4 is 14.9 Å². The Morgan fingerprint density at radius 1 is 1.09 bits per heavy atom. The molecule has 1 fully saturated rings. The lowest BCUT2D eigenvalue weighted by Gasteiger charge is -2.32. The molecular weight excluding hydrogens is 485 g/mol. The molecule has 9 nitrogen and oxygen atoms in total. The predicted molar refractivity (Wildman–Crippen MR) is 135 cm³/mol. The van der Waals surface area contributed by atoms with Gasteiger partial charge in [0, 0.05) is 44.7 Å². The van der Waals surface area contributed by atoms with E-state index in [9.17, 15) is 8.42 Å². The van der Waals surface area contributed by atoms with Crippen molar-refractivity contribution >= 4 is 56.7 Å². The Hall–Kier alpha value is -2.24. The number of anilines is 2. The third kappa shape index (κ3) is 6.87. The highest BCUT2D eigenvalue weighted by molar-refractivity contribution is 7.89. The zero-order valence-corrected chi connectivity index (χ0v) is 20.6. The average molecular weight is 512 g/mol. The van der Waals surface area contributed by atoms with Gasteiger partial charge in [-0.05, 0) is 18.7 Å². The summed E-state index contributed by atoms with van der Waals surface area (Å²) in [7, 11) is -1.37. The molecular formula is C21H27Cl2N7O2S. The molecule has 2 aromatic heterocycles. The molecule has 3 heterocycles. The molecule has 3 aromatic rings. The average Bonchev–Trinajstić information content (AvgIpc) is 2.79. The van der Waals surface area contributed by atoms with Crippen LogP contribution >= 0.6 is 24.0 Å². The van der Waals surface area contributed by atoms with Crippen LogP contribution in [0.5, 0.6) is 0 Å². The van der Waals surface area contributed by atoms with E-state index < -0.39 is 10.0 Å². The van der Waals surface area contributed by atoms with Crippen LogP contribution in [0.15, 0.2) is 42.6 Å². The number of hydrogen-bond acceptors (Lipinski definition) is 8. The minimum atomic E-state index is -3.46. The van der Waals surface area contributed by atoms with Gasteiger partial charge in [-0.2, -0.15) is 4.98 Å². The standard InChI is InChI=1S/C21H26ClN7O2S.ClH/c1-28-8-10-29(11-9-28)21-26-18-15-24-19(22)13-17(18)20(27-21)23-7-12-32(30,31)25-14-16-5-3-2-4-6-16;/h2-6,13,15,25H,7-12,14H2,1H3,(H,23,26,27);1H. The SMILES string of the molecule is CN1CCN(c2nc(NCCS(=O)(=O)NCc3ccccc3)c3cc(Cl)ncc3n2)CC1.Cl. The number of fused-ring (bicyclic) bond motifs is 1. The van der Waals surface area contributed by atoms with Crippen LogP contribution in [0, 0.1) is 0 Å². The van der Waals surface area contributed by atoms with Gasteiger partial charge in [0.05, 0.1) is 17.5 Å². The van der Waals surface area contributed by atoms with Gasteiger partial charge >= 0.3 is 0 Å². The van der Waals surface area contributed by atoms with Gasteiger partial charge < -0.3 is 15.1 Å². The van der Waals surface area contributed by atoms with Crippen molar-refractivity contribution in [3.8, 4) is 0 Å². The summed E-state index contributed by atoms with van der Waals surface area (Å²) in [4.78, 5) is 17.8. The first-order chi connectivity index (χ1) is 15.4. The first-order valence-electron chi connectivity index (χ1n) is 10.4. The van der Waals surface area contributed by atoms with E-state index in [-0.39, 0.29) is 31.2 Å². The van der Waals surface area contributed by atoms with E-state index in [4.69, 9.17) is 11.6 Å². The molecule has 0 atom stereocenters. The van der Waals surface area contributed by atoms with Gasteiger partial charge in [-0.15, -0.1) is 12.4 Å². The molecule has 0 bridgehead atoms. The normalized spacial score (nSPS) is 14.8. The van der Waals surface area contributed by atoms with Gasteiger partial charge in [0.2, 0.25) is 16.0 Å². The molecule has 1 aromatic carbocycles. The van der Waals surface area contributed by atoms with Gasteiger partial charge in [0.25, 0.3) is 0 Å². The summed E-state index contributed by atoms with van der Waals surface area (Å²) in [5, 5.41) is 4.20. The van der Waals surface area contributed by atoms with Gasteiger partial charge in [-0.1, -0.05) is 41.9 Å². The van der Waals surface area contributed by atoms with Crippen molar-refractivity contribution in [2.45, 2.75) is 6.54 Å². The number of rotatable bonds is 8. The second-order valence-electron chi connectivity index (χ2n) is 7.74. The number of benzene rings is 1. The zero-order chi connectivity index (χ0) is 22.6. The van der Waals surface area contributed by atoms with E-state index in [0.717, 1.165) is 31.7 Å². The quantitative estimate of drug-likeness (QED) is 0.444. The summed E-state index contributed by atoms with van der Waals surface area (Å²) in [5.41, 5.74) is 1.57. The summed E-state index contributed by atoms with van der Waals surface area (Å²) in [5.74, 6) is 1.06. The maximum Gasteiger partial charge on any atom is 0.228 e. The molecule has 0 aliphatic carbocycles. The zero-order valence-electron chi connectivity index (χ0n) is 18.2. The fourth-order valence-corrected chi connectivity index (χ4v) is 4.50. The number of halogens is 2. The van der Waals surface area contributed by atoms with E-state index in [2.05, 4.69) is 41.8 Å². The smallest absolute Gasteiger partial charge is 0.228 e. The summed E-state index contributed by atoms with van der Waals surface area (Å²) in [6.07, 6.45) is 1.61. The summed E-state index contributed by atoms with van der Waals surface area (Å²) in [6.45, 7) is 3.94. The van der Waals surface area contributed by atoms with Crippen LogP contribution in [0.25, 0.3) is 10.9 Å².